The lowest BCUT2D eigenvalue weighted by Crippen LogP contribution is -2.73. The molecule has 2 amide bonds. The van der Waals surface area contributed by atoms with Crippen molar-refractivity contribution in [3.63, 3.8) is 0 Å². The maximum absolute atomic E-state index is 13.2. The number of piperidine rings is 1. The van der Waals surface area contributed by atoms with Crippen LogP contribution in [0.1, 0.15) is 18.4 Å². The molecule has 4 aliphatic heterocycles. The molecule has 6 nitrogen and oxygen atoms in total. The molecule has 2 atom stereocenters. The van der Waals surface area contributed by atoms with E-state index in [1.807, 2.05) is 9.80 Å². The Kier molecular flexibility index (Phi) is 4.80. The number of ether oxygens (including phenoxy) is 1. The van der Waals surface area contributed by atoms with E-state index in [4.69, 9.17) is 16.3 Å². The van der Waals surface area contributed by atoms with Crippen LogP contribution in [0.15, 0.2) is 18.2 Å². The lowest BCUT2D eigenvalue weighted by molar-refractivity contribution is -0.140. The number of fused-ring (bicyclic) bond motifs is 1. The van der Waals surface area contributed by atoms with Crippen LogP contribution in [-0.2, 0) is 16.1 Å². The Morgan fingerprint density at radius 2 is 2.03 bits per heavy atom. The van der Waals surface area contributed by atoms with E-state index < -0.39 is 0 Å². The molecule has 4 saturated heterocycles. The number of carbonyl (C=O) groups is 2. The fourth-order valence-electron chi connectivity index (χ4n) is 5.35. The smallest absolute Gasteiger partial charge is 0.320 e. The number of carbonyl (C=O) groups excluding carboxylic acids is 2. The molecular weight excluding hydrogens is 397 g/mol. The van der Waals surface area contributed by atoms with Crippen LogP contribution >= 0.6 is 11.6 Å². The Balaban J connectivity index is 1.10. The molecule has 0 aliphatic carbocycles. The first-order valence-electron chi connectivity index (χ1n) is 10.2. The Labute approximate surface area is 174 Å². The number of nitrogens with zero attached hydrogens (tertiary/aromatic N) is 3. The largest absolute Gasteiger partial charge is 0.370 e. The van der Waals surface area contributed by atoms with Crippen molar-refractivity contribution in [1.29, 1.82) is 0 Å². The molecule has 0 saturated carbocycles. The summed E-state index contributed by atoms with van der Waals surface area (Å²) in [7, 11) is 0. The van der Waals surface area contributed by atoms with Gasteiger partial charge in [0.2, 0.25) is 0 Å². The van der Waals surface area contributed by atoms with E-state index in [0.29, 0.717) is 31.1 Å². The molecule has 0 radical (unpaired) electrons. The molecule has 29 heavy (non-hydrogen) atoms. The summed E-state index contributed by atoms with van der Waals surface area (Å²) in [4.78, 5) is 30.6. The van der Waals surface area contributed by atoms with Crippen LogP contribution in [0.3, 0.4) is 0 Å². The van der Waals surface area contributed by atoms with E-state index in [1.54, 1.807) is 6.07 Å². The first kappa shape index (κ1) is 19.3. The van der Waals surface area contributed by atoms with E-state index in [9.17, 15) is 14.0 Å². The highest BCUT2D eigenvalue weighted by Gasteiger charge is 2.54. The number of hydrogen-bond acceptors (Lipinski definition) is 4. The summed E-state index contributed by atoms with van der Waals surface area (Å²) in [6, 6.07) is 4.62. The first-order chi connectivity index (χ1) is 13.9. The molecule has 156 valence electrons. The van der Waals surface area contributed by atoms with Crippen molar-refractivity contribution in [3.8, 4) is 0 Å². The molecule has 0 N–H and O–H groups in total. The van der Waals surface area contributed by atoms with E-state index in [0.717, 1.165) is 38.2 Å². The fraction of sp³-hybridized carbons (Fsp3) is 0.619. The van der Waals surface area contributed by atoms with Gasteiger partial charge in [-0.15, -0.1) is 0 Å². The highest BCUT2D eigenvalue weighted by molar-refractivity contribution is 6.31. The molecule has 0 bridgehead atoms. The molecule has 1 aromatic carbocycles. The van der Waals surface area contributed by atoms with Gasteiger partial charge in [-0.3, -0.25) is 9.69 Å². The zero-order chi connectivity index (χ0) is 20.2. The van der Waals surface area contributed by atoms with Gasteiger partial charge in [-0.25, -0.2) is 9.18 Å². The number of amides is 2. The average molecular weight is 422 g/mol. The Morgan fingerprint density at radius 3 is 2.79 bits per heavy atom. The zero-order valence-corrected chi connectivity index (χ0v) is 17.0. The molecule has 4 fully saturated rings. The van der Waals surface area contributed by atoms with Gasteiger partial charge in [-0.1, -0.05) is 17.7 Å². The monoisotopic (exact) mass is 421 g/mol. The SMILES string of the molecule is O=C1CO[C@H]2CCN(C(=O)N3CC4(CN(Cc5ccc(F)cc5Cl)C4)C3)C[C@H]2C1. The molecule has 1 spiro atoms. The van der Waals surface area contributed by atoms with Crippen LogP contribution in [-0.4, -0.2) is 78.5 Å². The predicted molar refractivity (Wildman–Crippen MR) is 105 cm³/mol. The van der Waals surface area contributed by atoms with Gasteiger partial charge in [-0.2, -0.15) is 0 Å². The number of hydrogen-bond donors (Lipinski definition) is 0. The number of benzene rings is 1. The van der Waals surface area contributed by atoms with E-state index in [1.165, 1.54) is 12.1 Å². The van der Waals surface area contributed by atoms with Crippen molar-refractivity contribution < 1.29 is 18.7 Å². The minimum Gasteiger partial charge on any atom is -0.370 e. The molecule has 4 heterocycles. The molecule has 5 rings (SSSR count). The van der Waals surface area contributed by atoms with E-state index in [-0.39, 0.29) is 41.7 Å². The summed E-state index contributed by atoms with van der Waals surface area (Å²) in [5.74, 6) is -0.0386. The van der Waals surface area contributed by atoms with Crippen molar-refractivity contribution >= 4 is 23.4 Å². The van der Waals surface area contributed by atoms with Crippen molar-refractivity contribution in [1.82, 2.24) is 14.7 Å². The summed E-state index contributed by atoms with van der Waals surface area (Å²) >= 11 is 6.13. The quantitative estimate of drug-likeness (QED) is 0.735. The number of urea groups is 1. The predicted octanol–water partition coefficient (Wildman–Crippen LogP) is 2.40. The van der Waals surface area contributed by atoms with Crippen LogP contribution in [0.4, 0.5) is 9.18 Å². The number of Topliss-reactive ketones (excluding diaryl/α,β-unsaturated/α-hetero) is 1. The molecule has 0 aromatic heterocycles. The van der Waals surface area contributed by atoms with Crippen molar-refractivity contribution in [2.24, 2.45) is 11.3 Å². The van der Waals surface area contributed by atoms with Gasteiger partial charge in [0.15, 0.2) is 5.78 Å². The zero-order valence-electron chi connectivity index (χ0n) is 16.3. The summed E-state index contributed by atoms with van der Waals surface area (Å²) in [5.41, 5.74) is 1.12. The highest BCUT2D eigenvalue weighted by atomic mass is 35.5. The first-order valence-corrected chi connectivity index (χ1v) is 10.6. The summed E-state index contributed by atoms with van der Waals surface area (Å²) in [6.45, 7) is 5.66. The van der Waals surface area contributed by atoms with E-state index >= 15 is 0 Å². The average Bonchev–Trinajstić information content (AvgIpc) is 2.63. The second-order valence-corrected chi connectivity index (χ2v) is 9.51. The van der Waals surface area contributed by atoms with Crippen molar-refractivity contribution in [2.75, 3.05) is 45.9 Å². The minimum atomic E-state index is -0.319. The van der Waals surface area contributed by atoms with Crippen molar-refractivity contribution in [2.45, 2.75) is 25.5 Å². The third kappa shape index (κ3) is 3.64. The molecule has 0 unspecified atom stereocenters. The van der Waals surface area contributed by atoms with Crippen LogP contribution in [0.25, 0.3) is 0 Å². The standard InChI is InChI=1S/C21H25ClFN3O3/c22-18-6-16(23)2-1-14(18)7-24-10-21(11-24)12-26(13-21)20(28)25-4-3-19-15(8-25)5-17(27)9-29-19/h1-2,6,15,19H,3-5,7-13H2/t15-,19+/m1/s1. The van der Waals surface area contributed by atoms with Gasteiger partial charge in [0.05, 0.1) is 6.10 Å². The highest BCUT2D eigenvalue weighted by Crippen LogP contribution is 2.41. The Hall–Kier alpha value is -1.70. The van der Waals surface area contributed by atoms with Crippen LogP contribution in [0.5, 0.6) is 0 Å². The number of ketones is 1. The lowest BCUT2D eigenvalue weighted by atomic mass is 9.73. The number of rotatable bonds is 2. The fourth-order valence-corrected chi connectivity index (χ4v) is 5.58. The Bertz CT molecular complexity index is 836. The maximum Gasteiger partial charge on any atom is 0.320 e. The van der Waals surface area contributed by atoms with Gasteiger partial charge in [0, 0.05) is 68.6 Å². The number of halogens is 2. The third-order valence-corrected chi connectivity index (χ3v) is 7.08. The van der Waals surface area contributed by atoms with Gasteiger partial charge >= 0.3 is 6.03 Å². The molecule has 1 aromatic rings. The van der Waals surface area contributed by atoms with Gasteiger partial charge < -0.3 is 14.5 Å². The minimum absolute atomic E-state index is 0.0899. The second kappa shape index (κ2) is 7.22. The number of likely N-dealkylation sites (tertiary alicyclic amines) is 3. The molecule has 8 heteroatoms. The normalized spacial score (nSPS) is 28.7. The topological polar surface area (TPSA) is 53.1 Å². The van der Waals surface area contributed by atoms with Gasteiger partial charge in [-0.05, 0) is 24.1 Å². The maximum atomic E-state index is 13.2. The third-order valence-electron chi connectivity index (χ3n) is 6.73. The summed E-state index contributed by atoms with van der Waals surface area (Å²) in [6.07, 6.45) is 1.46. The molecular formula is C21H25ClFN3O3. The lowest BCUT2D eigenvalue weighted by Gasteiger charge is -2.61. The van der Waals surface area contributed by atoms with Crippen LogP contribution in [0.2, 0.25) is 5.02 Å². The van der Waals surface area contributed by atoms with E-state index in [2.05, 4.69) is 4.90 Å². The second-order valence-electron chi connectivity index (χ2n) is 9.11. The summed E-state index contributed by atoms with van der Waals surface area (Å²) < 4.78 is 18.8. The van der Waals surface area contributed by atoms with Crippen molar-refractivity contribution in [3.05, 3.63) is 34.6 Å². The summed E-state index contributed by atoms with van der Waals surface area (Å²) in [5, 5.41) is 0.463. The van der Waals surface area contributed by atoms with Crippen LogP contribution < -0.4 is 0 Å². The van der Waals surface area contributed by atoms with Gasteiger partial charge in [0.25, 0.3) is 0 Å². The Morgan fingerprint density at radius 1 is 1.24 bits per heavy atom. The van der Waals surface area contributed by atoms with Crippen LogP contribution in [0, 0.1) is 17.2 Å². The van der Waals surface area contributed by atoms with Gasteiger partial charge in [0.1, 0.15) is 12.4 Å². The molecule has 4 aliphatic rings.